The van der Waals surface area contributed by atoms with E-state index in [1.807, 2.05) is 18.7 Å². The van der Waals surface area contributed by atoms with E-state index in [0.29, 0.717) is 19.1 Å². The molecule has 0 spiro atoms. The van der Waals surface area contributed by atoms with Crippen LogP contribution in [0.15, 0.2) is 0 Å². The lowest BCUT2D eigenvalue weighted by atomic mass is 10.1. The molecule has 0 aromatic carbocycles. The first-order valence-electron chi connectivity index (χ1n) is 7.69. The maximum atomic E-state index is 12.5. The molecule has 1 aliphatic rings. The molecule has 112 valence electrons. The summed E-state index contributed by atoms with van der Waals surface area (Å²) in [4.78, 5) is 14.5. The average Bonchev–Trinajstić information content (AvgIpc) is 2.65. The molecular weight excluding hydrogens is 240 g/mol. The number of unbranched alkanes of at least 4 members (excludes halogenated alkanes) is 1. The van der Waals surface area contributed by atoms with Crippen molar-refractivity contribution in [2.75, 3.05) is 13.2 Å². The van der Waals surface area contributed by atoms with Crippen molar-refractivity contribution in [3.8, 4) is 0 Å². The number of ether oxygens (including phenoxy) is 1. The van der Waals surface area contributed by atoms with E-state index in [4.69, 9.17) is 4.74 Å². The number of carbonyl (C=O) groups is 1. The Morgan fingerprint density at radius 1 is 1.32 bits per heavy atom. The Bertz CT molecular complexity index is 281. The zero-order valence-electron chi connectivity index (χ0n) is 13.1. The lowest BCUT2D eigenvalue weighted by molar-refractivity contribution is -0.132. The van der Waals surface area contributed by atoms with Crippen LogP contribution < -0.4 is 5.32 Å². The van der Waals surface area contributed by atoms with Gasteiger partial charge in [-0.3, -0.25) is 10.1 Å². The van der Waals surface area contributed by atoms with Gasteiger partial charge in [0, 0.05) is 13.2 Å². The molecule has 1 heterocycles. The Morgan fingerprint density at radius 3 is 2.53 bits per heavy atom. The fourth-order valence-corrected chi connectivity index (χ4v) is 2.69. The van der Waals surface area contributed by atoms with Gasteiger partial charge >= 0.3 is 0 Å². The van der Waals surface area contributed by atoms with E-state index in [0.717, 1.165) is 19.3 Å². The van der Waals surface area contributed by atoms with Crippen molar-refractivity contribution < 1.29 is 9.53 Å². The molecule has 1 fully saturated rings. The molecule has 3 unspecified atom stereocenters. The first-order valence-corrected chi connectivity index (χ1v) is 7.69. The summed E-state index contributed by atoms with van der Waals surface area (Å²) >= 11 is 0. The van der Waals surface area contributed by atoms with E-state index in [1.165, 1.54) is 0 Å². The highest BCUT2D eigenvalue weighted by atomic mass is 16.5. The highest BCUT2D eigenvalue weighted by Gasteiger charge is 2.40. The predicted octanol–water partition coefficient (Wildman–Crippen LogP) is 2.38. The van der Waals surface area contributed by atoms with Crippen molar-refractivity contribution in [1.29, 1.82) is 0 Å². The molecule has 0 radical (unpaired) electrons. The molecule has 0 aromatic rings. The molecule has 4 heteroatoms. The second-order valence-corrected chi connectivity index (χ2v) is 5.81. The lowest BCUT2D eigenvalue weighted by Crippen LogP contribution is -2.44. The zero-order valence-corrected chi connectivity index (χ0v) is 13.1. The van der Waals surface area contributed by atoms with Gasteiger partial charge in [-0.1, -0.05) is 33.6 Å². The summed E-state index contributed by atoms with van der Waals surface area (Å²) in [5, 5.41) is 3.49. The van der Waals surface area contributed by atoms with Crippen LogP contribution in [0.3, 0.4) is 0 Å². The summed E-state index contributed by atoms with van der Waals surface area (Å²) in [5.74, 6) is 0.670. The zero-order chi connectivity index (χ0) is 14.4. The van der Waals surface area contributed by atoms with Crippen molar-refractivity contribution in [2.45, 2.75) is 72.2 Å². The van der Waals surface area contributed by atoms with E-state index in [1.54, 1.807) is 0 Å². The van der Waals surface area contributed by atoms with Crippen LogP contribution in [-0.4, -0.2) is 42.3 Å². The average molecular weight is 270 g/mol. The minimum absolute atomic E-state index is 0.00109. The van der Waals surface area contributed by atoms with Crippen LogP contribution in [0.5, 0.6) is 0 Å². The Kier molecular flexibility index (Phi) is 6.80. The van der Waals surface area contributed by atoms with Crippen molar-refractivity contribution in [3.63, 3.8) is 0 Å². The van der Waals surface area contributed by atoms with Crippen LogP contribution in [0.25, 0.3) is 0 Å². The van der Waals surface area contributed by atoms with Gasteiger partial charge in [0.15, 0.2) is 0 Å². The SMILES string of the molecule is CCCCC1NC(C(C)C)N(CC(C)OCC)C1=O. The summed E-state index contributed by atoms with van der Waals surface area (Å²) in [6, 6.07) is 0.00109. The third-order valence-corrected chi connectivity index (χ3v) is 3.67. The van der Waals surface area contributed by atoms with Gasteiger partial charge in [0.1, 0.15) is 0 Å². The predicted molar refractivity (Wildman–Crippen MR) is 77.9 cm³/mol. The topological polar surface area (TPSA) is 41.6 Å². The van der Waals surface area contributed by atoms with Crippen LogP contribution in [0.4, 0.5) is 0 Å². The third kappa shape index (κ3) is 4.46. The molecule has 0 aliphatic carbocycles. The quantitative estimate of drug-likeness (QED) is 0.736. The Balaban J connectivity index is 2.66. The fourth-order valence-electron chi connectivity index (χ4n) is 2.69. The van der Waals surface area contributed by atoms with E-state index in [2.05, 4.69) is 26.1 Å². The summed E-state index contributed by atoms with van der Waals surface area (Å²) in [6.45, 7) is 11.9. The number of hydrogen-bond acceptors (Lipinski definition) is 3. The fraction of sp³-hybridized carbons (Fsp3) is 0.933. The number of nitrogens with one attached hydrogen (secondary N) is 1. The summed E-state index contributed by atoms with van der Waals surface area (Å²) in [6.07, 6.45) is 3.42. The van der Waals surface area contributed by atoms with Crippen LogP contribution in [0, 0.1) is 5.92 Å². The molecule has 1 rings (SSSR count). The van der Waals surface area contributed by atoms with Crippen molar-refractivity contribution >= 4 is 5.91 Å². The molecule has 0 aromatic heterocycles. The molecular formula is C15H30N2O2. The Labute approximate surface area is 117 Å². The van der Waals surface area contributed by atoms with Gasteiger partial charge < -0.3 is 9.64 Å². The summed E-state index contributed by atoms with van der Waals surface area (Å²) in [5.41, 5.74) is 0. The third-order valence-electron chi connectivity index (χ3n) is 3.67. The minimum Gasteiger partial charge on any atom is -0.377 e. The van der Waals surface area contributed by atoms with Crippen molar-refractivity contribution in [3.05, 3.63) is 0 Å². The largest absolute Gasteiger partial charge is 0.377 e. The lowest BCUT2D eigenvalue weighted by Gasteiger charge is -2.29. The van der Waals surface area contributed by atoms with Gasteiger partial charge in [0.2, 0.25) is 5.91 Å². The summed E-state index contributed by atoms with van der Waals surface area (Å²) < 4.78 is 5.57. The number of rotatable bonds is 8. The van der Waals surface area contributed by atoms with Gasteiger partial charge in [0.25, 0.3) is 0 Å². The number of carbonyl (C=O) groups excluding carboxylic acids is 1. The number of hydrogen-bond donors (Lipinski definition) is 1. The molecule has 1 saturated heterocycles. The second kappa shape index (κ2) is 7.85. The van der Waals surface area contributed by atoms with Gasteiger partial charge in [-0.25, -0.2) is 0 Å². The Hall–Kier alpha value is -0.610. The standard InChI is InChI=1S/C15H30N2O2/c1-6-8-9-13-15(18)17(10-12(5)19-7-2)14(16-13)11(3)4/h11-14,16H,6-10H2,1-5H3. The number of nitrogens with zero attached hydrogens (tertiary/aromatic N) is 1. The highest BCUT2D eigenvalue weighted by Crippen LogP contribution is 2.21. The van der Waals surface area contributed by atoms with E-state index >= 15 is 0 Å². The van der Waals surface area contributed by atoms with Crippen LogP contribution >= 0.6 is 0 Å². The van der Waals surface area contributed by atoms with Crippen LogP contribution in [0.1, 0.15) is 53.9 Å². The molecule has 19 heavy (non-hydrogen) atoms. The van der Waals surface area contributed by atoms with Gasteiger partial charge in [-0.15, -0.1) is 0 Å². The second-order valence-electron chi connectivity index (χ2n) is 5.81. The molecule has 3 atom stereocenters. The van der Waals surface area contributed by atoms with Crippen LogP contribution in [0.2, 0.25) is 0 Å². The normalized spacial score (nSPS) is 25.4. The highest BCUT2D eigenvalue weighted by molar-refractivity contribution is 5.84. The molecule has 1 N–H and O–H groups in total. The van der Waals surface area contributed by atoms with E-state index in [-0.39, 0.29) is 24.2 Å². The van der Waals surface area contributed by atoms with Gasteiger partial charge in [-0.05, 0) is 26.2 Å². The molecule has 0 saturated carbocycles. The van der Waals surface area contributed by atoms with E-state index < -0.39 is 0 Å². The van der Waals surface area contributed by atoms with E-state index in [9.17, 15) is 4.79 Å². The van der Waals surface area contributed by atoms with Gasteiger partial charge in [-0.2, -0.15) is 0 Å². The molecule has 4 nitrogen and oxygen atoms in total. The molecule has 1 amide bonds. The van der Waals surface area contributed by atoms with Crippen molar-refractivity contribution in [1.82, 2.24) is 10.2 Å². The summed E-state index contributed by atoms with van der Waals surface area (Å²) in [7, 11) is 0. The first-order chi connectivity index (χ1) is 9.01. The Morgan fingerprint density at radius 2 is 2.00 bits per heavy atom. The monoisotopic (exact) mass is 270 g/mol. The smallest absolute Gasteiger partial charge is 0.241 e. The maximum absolute atomic E-state index is 12.5. The first kappa shape index (κ1) is 16.4. The molecule has 1 aliphatic heterocycles. The van der Waals surface area contributed by atoms with Gasteiger partial charge in [0.05, 0.1) is 18.3 Å². The molecule has 0 bridgehead atoms. The minimum atomic E-state index is 0.00109. The van der Waals surface area contributed by atoms with Crippen molar-refractivity contribution in [2.24, 2.45) is 5.92 Å². The maximum Gasteiger partial charge on any atom is 0.241 e. The number of amides is 1. The van der Waals surface area contributed by atoms with Crippen LogP contribution in [-0.2, 0) is 9.53 Å².